The minimum absolute atomic E-state index is 0.0224. The van der Waals surface area contributed by atoms with E-state index in [4.69, 9.17) is 0 Å². The van der Waals surface area contributed by atoms with Gasteiger partial charge in [0.2, 0.25) is 0 Å². The molecular formula is C26H25N5O3. The molecule has 1 aliphatic rings. The van der Waals surface area contributed by atoms with Crippen LogP contribution in [0.15, 0.2) is 72.9 Å². The zero-order valence-electron chi connectivity index (χ0n) is 18.9. The second-order valence-electron chi connectivity index (χ2n) is 8.43. The highest BCUT2D eigenvalue weighted by Crippen LogP contribution is 2.34. The van der Waals surface area contributed by atoms with Crippen molar-refractivity contribution in [1.29, 1.82) is 0 Å². The topological polar surface area (TPSA) is 84.5 Å². The molecular weight excluding hydrogens is 430 g/mol. The molecule has 34 heavy (non-hydrogen) atoms. The maximum atomic E-state index is 13.9. The number of pyridine rings is 1. The summed E-state index contributed by atoms with van der Waals surface area (Å²) in [7, 11) is 2.01. The number of anilines is 1. The summed E-state index contributed by atoms with van der Waals surface area (Å²) in [4.78, 5) is 32.7. The van der Waals surface area contributed by atoms with Crippen LogP contribution >= 0.6 is 0 Å². The predicted molar refractivity (Wildman–Crippen MR) is 132 cm³/mol. The van der Waals surface area contributed by atoms with Crippen LogP contribution in [0.2, 0.25) is 0 Å². The molecule has 3 heterocycles. The van der Waals surface area contributed by atoms with E-state index in [1.165, 1.54) is 12.3 Å². The van der Waals surface area contributed by atoms with Crippen LogP contribution in [0.3, 0.4) is 0 Å². The second-order valence-corrected chi connectivity index (χ2v) is 8.43. The van der Waals surface area contributed by atoms with E-state index in [1.807, 2.05) is 66.5 Å². The van der Waals surface area contributed by atoms with Crippen molar-refractivity contribution in [3.05, 3.63) is 88.6 Å². The maximum absolute atomic E-state index is 13.9. The smallest absolute Gasteiger partial charge is 0.287 e. The Morgan fingerprint density at radius 3 is 2.44 bits per heavy atom. The van der Waals surface area contributed by atoms with Gasteiger partial charge in [-0.05, 0) is 24.1 Å². The number of aromatic nitrogens is 2. The van der Waals surface area contributed by atoms with Crippen molar-refractivity contribution >= 4 is 28.3 Å². The first-order valence-electron chi connectivity index (χ1n) is 11.3. The van der Waals surface area contributed by atoms with E-state index in [-0.39, 0.29) is 11.6 Å². The first kappa shape index (κ1) is 21.6. The van der Waals surface area contributed by atoms with E-state index >= 15 is 0 Å². The molecule has 172 valence electrons. The Balaban J connectivity index is 1.45. The molecule has 4 aromatic rings. The first-order valence-corrected chi connectivity index (χ1v) is 11.3. The van der Waals surface area contributed by atoms with Crippen molar-refractivity contribution in [2.45, 2.75) is 6.42 Å². The quantitative estimate of drug-likeness (QED) is 0.334. The molecule has 1 amide bonds. The standard InChI is InChI=1S/C26H25N5O3/c1-28-22-11-6-5-10-21(22)24(25(28)19-8-3-2-4-9-19)26(32)30-15-7-14-29(16-17-30)23-13-12-20(18-27-23)31(33)34/h2-6,8-13,18H,7,14-17H2,1H3. The average molecular weight is 456 g/mol. The first-order chi connectivity index (χ1) is 16.5. The van der Waals surface area contributed by atoms with E-state index in [9.17, 15) is 14.9 Å². The van der Waals surface area contributed by atoms with E-state index in [2.05, 4.69) is 14.5 Å². The number of nitro groups is 1. The zero-order chi connectivity index (χ0) is 23.7. The molecule has 8 nitrogen and oxygen atoms in total. The number of rotatable bonds is 4. The summed E-state index contributed by atoms with van der Waals surface area (Å²) >= 11 is 0. The van der Waals surface area contributed by atoms with Gasteiger partial charge in [-0.3, -0.25) is 14.9 Å². The third-order valence-corrected chi connectivity index (χ3v) is 6.42. The molecule has 0 saturated carbocycles. The second kappa shape index (κ2) is 8.97. The highest BCUT2D eigenvalue weighted by molar-refractivity contribution is 6.12. The number of amides is 1. The minimum atomic E-state index is -0.450. The summed E-state index contributed by atoms with van der Waals surface area (Å²) in [5.74, 6) is 0.712. The summed E-state index contributed by atoms with van der Waals surface area (Å²) < 4.78 is 2.10. The fourth-order valence-electron chi connectivity index (χ4n) is 4.72. The summed E-state index contributed by atoms with van der Waals surface area (Å²) in [5.41, 5.74) is 3.66. The number of fused-ring (bicyclic) bond motifs is 1. The molecule has 0 spiro atoms. The number of hydrogen-bond acceptors (Lipinski definition) is 5. The van der Waals surface area contributed by atoms with Crippen LogP contribution in [0.4, 0.5) is 11.5 Å². The van der Waals surface area contributed by atoms with Crippen molar-refractivity contribution < 1.29 is 9.72 Å². The molecule has 0 N–H and O–H groups in total. The number of hydrogen-bond donors (Lipinski definition) is 0. The lowest BCUT2D eigenvalue weighted by Crippen LogP contribution is -2.35. The summed E-state index contributed by atoms with van der Waals surface area (Å²) in [5, 5.41) is 11.9. The molecule has 1 aliphatic heterocycles. The third kappa shape index (κ3) is 3.87. The van der Waals surface area contributed by atoms with Gasteiger partial charge in [0.25, 0.3) is 11.6 Å². The predicted octanol–water partition coefficient (Wildman–Crippen LogP) is 4.50. The van der Waals surface area contributed by atoms with E-state index in [1.54, 1.807) is 6.07 Å². The Hall–Kier alpha value is -4.20. The van der Waals surface area contributed by atoms with E-state index in [0.717, 1.165) is 40.7 Å². The largest absolute Gasteiger partial charge is 0.355 e. The van der Waals surface area contributed by atoms with Crippen LogP contribution in [0.25, 0.3) is 22.2 Å². The molecule has 0 unspecified atom stereocenters. The van der Waals surface area contributed by atoms with Gasteiger partial charge in [-0.15, -0.1) is 0 Å². The molecule has 2 aromatic carbocycles. The minimum Gasteiger partial charge on any atom is -0.355 e. The van der Waals surface area contributed by atoms with E-state index in [0.29, 0.717) is 25.5 Å². The molecule has 1 fully saturated rings. The van der Waals surface area contributed by atoms with Crippen molar-refractivity contribution in [2.24, 2.45) is 7.05 Å². The lowest BCUT2D eigenvalue weighted by Gasteiger charge is -2.23. The summed E-state index contributed by atoms with van der Waals surface area (Å²) in [6.07, 6.45) is 2.07. The zero-order valence-corrected chi connectivity index (χ0v) is 18.9. The fourth-order valence-corrected chi connectivity index (χ4v) is 4.72. The molecule has 8 heteroatoms. The van der Waals surface area contributed by atoms with Gasteiger partial charge in [0.1, 0.15) is 12.0 Å². The number of carbonyl (C=O) groups is 1. The molecule has 0 aliphatic carbocycles. The van der Waals surface area contributed by atoms with Gasteiger partial charge in [-0.2, -0.15) is 0 Å². The Morgan fingerprint density at radius 1 is 0.941 bits per heavy atom. The van der Waals surface area contributed by atoms with Gasteiger partial charge in [0.05, 0.1) is 16.2 Å². The van der Waals surface area contributed by atoms with Gasteiger partial charge in [-0.25, -0.2) is 4.98 Å². The number of carbonyl (C=O) groups excluding carboxylic acids is 1. The average Bonchev–Trinajstić information content (AvgIpc) is 3.01. The van der Waals surface area contributed by atoms with Gasteiger partial charge in [0.15, 0.2) is 0 Å². The highest BCUT2D eigenvalue weighted by atomic mass is 16.6. The van der Waals surface area contributed by atoms with Crippen LogP contribution in [-0.4, -0.2) is 51.5 Å². The van der Waals surface area contributed by atoms with Crippen LogP contribution < -0.4 is 4.90 Å². The van der Waals surface area contributed by atoms with Crippen molar-refractivity contribution in [2.75, 3.05) is 31.1 Å². The highest BCUT2D eigenvalue weighted by Gasteiger charge is 2.28. The number of benzene rings is 2. The van der Waals surface area contributed by atoms with Crippen LogP contribution in [-0.2, 0) is 7.05 Å². The lowest BCUT2D eigenvalue weighted by molar-refractivity contribution is -0.385. The van der Waals surface area contributed by atoms with Crippen LogP contribution in [0.1, 0.15) is 16.8 Å². The number of nitrogens with zero attached hydrogens (tertiary/aromatic N) is 5. The van der Waals surface area contributed by atoms with Gasteiger partial charge in [-0.1, -0.05) is 48.5 Å². The maximum Gasteiger partial charge on any atom is 0.287 e. The molecule has 1 saturated heterocycles. The monoisotopic (exact) mass is 455 g/mol. The van der Waals surface area contributed by atoms with Crippen molar-refractivity contribution in [3.63, 3.8) is 0 Å². The molecule has 5 rings (SSSR count). The SMILES string of the molecule is Cn1c(-c2ccccc2)c(C(=O)N2CCCN(c3ccc([N+](=O)[O-])cn3)CC2)c2ccccc21. The van der Waals surface area contributed by atoms with Crippen molar-refractivity contribution in [1.82, 2.24) is 14.5 Å². The van der Waals surface area contributed by atoms with Crippen molar-refractivity contribution in [3.8, 4) is 11.3 Å². The van der Waals surface area contributed by atoms with Gasteiger partial charge >= 0.3 is 0 Å². The number of aryl methyl sites for hydroxylation is 1. The molecule has 0 radical (unpaired) electrons. The molecule has 0 bridgehead atoms. The Kier molecular flexibility index (Phi) is 5.71. The molecule has 2 aromatic heterocycles. The lowest BCUT2D eigenvalue weighted by atomic mass is 10.0. The normalized spacial score (nSPS) is 14.3. The summed E-state index contributed by atoms with van der Waals surface area (Å²) in [6.45, 7) is 2.53. The summed E-state index contributed by atoms with van der Waals surface area (Å²) in [6, 6.07) is 21.2. The van der Waals surface area contributed by atoms with Crippen LogP contribution in [0.5, 0.6) is 0 Å². The van der Waals surface area contributed by atoms with Crippen LogP contribution in [0, 0.1) is 10.1 Å². The third-order valence-electron chi connectivity index (χ3n) is 6.42. The van der Waals surface area contributed by atoms with Gasteiger partial charge < -0.3 is 14.4 Å². The Labute approximate surface area is 197 Å². The fraction of sp³-hybridized carbons (Fsp3) is 0.231. The van der Waals surface area contributed by atoms with E-state index < -0.39 is 4.92 Å². The Bertz CT molecular complexity index is 1350. The Morgan fingerprint density at radius 2 is 1.71 bits per heavy atom. The van der Waals surface area contributed by atoms with Gasteiger partial charge in [0, 0.05) is 50.2 Å². The number of para-hydroxylation sites is 1. The molecule has 0 atom stereocenters.